The summed E-state index contributed by atoms with van der Waals surface area (Å²) >= 11 is 0. The van der Waals surface area contributed by atoms with Crippen molar-refractivity contribution in [3.63, 3.8) is 0 Å². The molecule has 3 aromatic rings. The van der Waals surface area contributed by atoms with Gasteiger partial charge in [0.15, 0.2) is 0 Å². The van der Waals surface area contributed by atoms with E-state index in [0.29, 0.717) is 5.69 Å². The van der Waals surface area contributed by atoms with Crippen LogP contribution in [0.3, 0.4) is 0 Å². The molecule has 3 heteroatoms. The van der Waals surface area contributed by atoms with Crippen LogP contribution < -0.4 is 11.1 Å². The molecular formula is C16H15N3. The molecule has 3 N–H and O–H groups in total. The predicted molar refractivity (Wildman–Crippen MR) is 80.6 cm³/mol. The maximum absolute atomic E-state index is 5.77. The van der Waals surface area contributed by atoms with E-state index >= 15 is 0 Å². The quantitative estimate of drug-likeness (QED) is 0.725. The Labute approximate surface area is 112 Å². The van der Waals surface area contributed by atoms with Crippen molar-refractivity contribution in [2.75, 3.05) is 11.1 Å². The number of nitrogen functional groups attached to an aromatic ring is 1. The smallest absolute Gasteiger partial charge is 0.130 e. The second-order valence-electron chi connectivity index (χ2n) is 4.56. The summed E-state index contributed by atoms with van der Waals surface area (Å²) < 4.78 is 0. The van der Waals surface area contributed by atoms with Crippen LogP contribution in [0.25, 0.3) is 10.8 Å². The largest absolute Gasteiger partial charge is 0.397 e. The van der Waals surface area contributed by atoms with Crippen molar-refractivity contribution in [1.82, 2.24) is 4.98 Å². The molecule has 0 amide bonds. The first kappa shape index (κ1) is 11.5. The minimum atomic E-state index is 0.712. The second-order valence-corrected chi connectivity index (χ2v) is 4.56. The van der Waals surface area contributed by atoms with Crippen LogP contribution in [0, 0.1) is 6.92 Å². The summed E-state index contributed by atoms with van der Waals surface area (Å²) in [6.45, 7) is 1.90. The Morgan fingerprint density at radius 1 is 0.947 bits per heavy atom. The molecule has 3 nitrogen and oxygen atoms in total. The fourth-order valence-corrected chi connectivity index (χ4v) is 2.06. The molecule has 0 saturated carbocycles. The van der Waals surface area contributed by atoms with Gasteiger partial charge in [0.05, 0.1) is 11.4 Å². The number of aromatic nitrogens is 1. The van der Waals surface area contributed by atoms with Gasteiger partial charge in [-0.05, 0) is 42.0 Å². The Hall–Kier alpha value is -2.55. The summed E-state index contributed by atoms with van der Waals surface area (Å²) in [5.41, 5.74) is 8.34. The van der Waals surface area contributed by atoms with E-state index in [1.54, 1.807) is 0 Å². The van der Waals surface area contributed by atoms with E-state index in [4.69, 9.17) is 5.73 Å². The lowest BCUT2D eigenvalue weighted by Crippen LogP contribution is -1.98. The number of fused-ring (bicyclic) bond motifs is 1. The van der Waals surface area contributed by atoms with E-state index in [9.17, 15) is 0 Å². The topological polar surface area (TPSA) is 50.9 Å². The van der Waals surface area contributed by atoms with E-state index in [1.165, 1.54) is 10.8 Å². The minimum absolute atomic E-state index is 0.712. The van der Waals surface area contributed by atoms with Gasteiger partial charge < -0.3 is 11.1 Å². The van der Waals surface area contributed by atoms with Crippen LogP contribution in [0.15, 0.2) is 54.6 Å². The van der Waals surface area contributed by atoms with Crippen molar-refractivity contribution < 1.29 is 0 Å². The summed E-state index contributed by atoms with van der Waals surface area (Å²) in [6.07, 6.45) is 0. The highest BCUT2D eigenvalue weighted by Crippen LogP contribution is 2.22. The standard InChI is InChI=1S/C16H15N3/c1-11-15(17)8-9-16(18-11)19-14-7-6-12-4-2-3-5-13(12)10-14/h2-10H,17H2,1H3,(H,18,19). The molecule has 0 atom stereocenters. The number of anilines is 3. The van der Waals surface area contributed by atoms with Crippen molar-refractivity contribution in [1.29, 1.82) is 0 Å². The number of pyridine rings is 1. The van der Waals surface area contributed by atoms with Gasteiger partial charge in [0.1, 0.15) is 5.82 Å². The number of benzene rings is 2. The lowest BCUT2D eigenvalue weighted by molar-refractivity contribution is 1.20. The second kappa shape index (κ2) is 4.61. The molecule has 0 fully saturated rings. The van der Waals surface area contributed by atoms with Gasteiger partial charge in [-0.3, -0.25) is 0 Å². The van der Waals surface area contributed by atoms with E-state index < -0.39 is 0 Å². The first-order chi connectivity index (χ1) is 9.22. The van der Waals surface area contributed by atoms with Gasteiger partial charge in [-0.1, -0.05) is 30.3 Å². The molecule has 0 saturated heterocycles. The van der Waals surface area contributed by atoms with Crippen molar-refractivity contribution >= 4 is 28.0 Å². The third-order valence-corrected chi connectivity index (χ3v) is 3.15. The molecule has 0 spiro atoms. The highest BCUT2D eigenvalue weighted by molar-refractivity contribution is 5.86. The molecule has 0 aliphatic carbocycles. The zero-order valence-corrected chi connectivity index (χ0v) is 10.7. The average molecular weight is 249 g/mol. The van der Waals surface area contributed by atoms with Crippen molar-refractivity contribution in [3.05, 3.63) is 60.3 Å². The molecule has 0 aliphatic rings. The minimum Gasteiger partial charge on any atom is -0.397 e. The average Bonchev–Trinajstić information content (AvgIpc) is 2.43. The number of nitrogens with zero attached hydrogens (tertiary/aromatic N) is 1. The number of nitrogens with one attached hydrogen (secondary N) is 1. The SMILES string of the molecule is Cc1nc(Nc2ccc3ccccc3c2)ccc1N. The maximum atomic E-state index is 5.77. The Kier molecular flexibility index (Phi) is 2.80. The van der Waals surface area contributed by atoms with Gasteiger partial charge in [-0.15, -0.1) is 0 Å². The molecule has 1 heterocycles. The zero-order valence-electron chi connectivity index (χ0n) is 10.7. The van der Waals surface area contributed by atoms with Gasteiger partial charge in [0.2, 0.25) is 0 Å². The molecule has 3 rings (SSSR count). The number of rotatable bonds is 2. The molecular weight excluding hydrogens is 234 g/mol. The Balaban J connectivity index is 1.94. The Morgan fingerprint density at radius 2 is 1.74 bits per heavy atom. The Morgan fingerprint density at radius 3 is 2.53 bits per heavy atom. The lowest BCUT2D eigenvalue weighted by atomic mass is 10.1. The van der Waals surface area contributed by atoms with Crippen molar-refractivity contribution in [3.8, 4) is 0 Å². The van der Waals surface area contributed by atoms with Crippen LogP contribution >= 0.6 is 0 Å². The van der Waals surface area contributed by atoms with Crippen molar-refractivity contribution in [2.45, 2.75) is 6.92 Å². The molecule has 19 heavy (non-hydrogen) atoms. The van der Waals surface area contributed by atoms with Crippen LogP contribution in [-0.2, 0) is 0 Å². The number of hydrogen-bond donors (Lipinski definition) is 2. The third-order valence-electron chi connectivity index (χ3n) is 3.15. The molecule has 0 bridgehead atoms. The monoisotopic (exact) mass is 249 g/mol. The van der Waals surface area contributed by atoms with Gasteiger partial charge in [-0.25, -0.2) is 4.98 Å². The number of nitrogens with two attached hydrogens (primary N) is 1. The van der Waals surface area contributed by atoms with Gasteiger partial charge in [-0.2, -0.15) is 0 Å². The van der Waals surface area contributed by atoms with Crippen LogP contribution in [-0.4, -0.2) is 4.98 Å². The van der Waals surface area contributed by atoms with Crippen LogP contribution in [0.5, 0.6) is 0 Å². The summed E-state index contributed by atoms with van der Waals surface area (Å²) in [6, 6.07) is 18.3. The normalized spacial score (nSPS) is 10.6. The number of aryl methyl sites for hydroxylation is 1. The van der Waals surface area contributed by atoms with Crippen LogP contribution in [0.4, 0.5) is 17.2 Å². The fourth-order valence-electron chi connectivity index (χ4n) is 2.06. The van der Waals surface area contributed by atoms with E-state index in [0.717, 1.165) is 17.2 Å². The van der Waals surface area contributed by atoms with E-state index in [-0.39, 0.29) is 0 Å². The first-order valence-corrected chi connectivity index (χ1v) is 6.21. The number of hydrogen-bond acceptors (Lipinski definition) is 3. The first-order valence-electron chi connectivity index (χ1n) is 6.21. The van der Waals surface area contributed by atoms with Gasteiger partial charge in [0, 0.05) is 5.69 Å². The molecule has 2 aromatic carbocycles. The molecule has 0 aliphatic heterocycles. The van der Waals surface area contributed by atoms with Gasteiger partial charge in [0.25, 0.3) is 0 Å². The van der Waals surface area contributed by atoms with E-state index in [2.05, 4.69) is 40.6 Å². The summed E-state index contributed by atoms with van der Waals surface area (Å²) in [7, 11) is 0. The van der Waals surface area contributed by atoms with Crippen molar-refractivity contribution in [2.24, 2.45) is 0 Å². The highest BCUT2D eigenvalue weighted by atomic mass is 15.0. The summed E-state index contributed by atoms with van der Waals surface area (Å²) in [5.74, 6) is 0.807. The maximum Gasteiger partial charge on any atom is 0.130 e. The molecule has 1 aromatic heterocycles. The predicted octanol–water partition coefficient (Wildman–Crippen LogP) is 3.87. The lowest BCUT2D eigenvalue weighted by Gasteiger charge is -2.08. The zero-order chi connectivity index (χ0) is 13.2. The highest BCUT2D eigenvalue weighted by Gasteiger charge is 2.00. The summed E-state index contributed by atoms with van der Waals surface area (Å²) in [5, 5.41) is 5.74. The van der Waals surface area contributed by atoms with Crippen LogP contribution in [0.2, 0.25) is 0 Å². The molecule has 0 radical (unpaired) electrons. The van der Waals surface area contributed by atoms with Crippen LogP contribution in [0.1, 0.15) is 5.69 Å². The Bertz CT molecular complexity index is 735. The summed E-state index contributed by atoms with van der Waals surface area (Å²) in [4.78, 5) is 4.41. The molecule has 94 valence electrons. The fraction of sp³-hybridized carbons (Fsp3) is 0.0625. The third kappa shape index (κ3) is 2.36. The van der Waals surface area contributed by atoms with Gasteiger partial charge >= 0.3 is 0 Å². The van der Waals surface area contributed by atoms with E-state index in [1.807, 2.05) is 31.2 Å². The molecule has 0 unspecified atom stereocenters.